The molecule has 2 aliphatic rings. The van der Waals surface area contributed by atoms with Crippen LogP contribution >= 0.6 is 0 Å². The second-order valence-electron chi connectivity index (χ2n) is 7.76. The molecule has 2 saturated heterocycles. The van der Waals surface area contributed by atoms with Gasteiger partial charge in [0.1, 0.15) is 0 Å². The molecular formula is C22H31NO4. The molecular weight excluding hydrogens is 342 g/mol. The van der Waals surface area contributed by atoms with Gasteiger partial charge in [-0.1, -0.05) is 42.5 Å². The van der Waals surface area contributed by atoms with E-state index in [0.717, 1.165) is 50.5 Å². The number of nitrogens with one attached hydrogen (secondary N) is 1. The minimum absolute atomic E-state index is 0.332. The normalized spacial score (nSPS) is 27.9. The largest absolute Gasteiger partial charge is 0.388 e. The fourth-order valence-electron chi connectivity index (χ4n) is 4.60. The molecule has 27 heavy (non-hydrogen) atoms. The van der Waals surface area contributed by atoms with Gasteiger partial charge in [0, 0.05) is 6.42 Å². The summed E-state index contributed by atoms with van der Waals surface area (Å²) in [7, 11) is 0. The van der Waals surface area contributed by atoms with E-state index in [0.29, 0.717) is 30.5 Å². The zero-order chi connectivity index (χ0) is 19.1. The van der Waals surface area contributed by atoms with Crippen LogP contribution in [0.5, 0.6) is 0 Å². The summed E-state index contributed by atoms with van der Waals surface area (Å²) in [4.78, 5) is 11.0. The van der Waals surface area contributed by atoms with E-state index in [9.17, 15) is 9.90 Å². The number of hydrogen-bond donors (Lipinski definition) is 3. The van der Waals surface area contributed by atoms with Crippen LogP contribution in [0.2, 0.25) is 0 Å². The molecule has 1 aromatic rings. The fraction of sp³-hybridized carbons (Fsp3) is 0.591. The molecule has 1 amide bonds. The molecule has 0 spiro atoms. The van der Waals surface area contributed by atoms with E-state index in [-0.39, 0.29) is 5.91 Å². The van der Waals surface area contributed by atoms with Crippen LogP contribution < -0.4 is 5.48 Å². The number of allylic oxidation sites excluding steroid dienone is 2. The summed E-state index contributed by atoms with van der Waals surface area (Å²) >= 11 is 0. The monoisotopic (exact) mass is 373 g/mol. The first-order chi connectivity index (χ1) is 13.2. The molecule has 2 bridgehead atoms. The predicted octanol–water partition coefficient (Wildman–Crippen LogP) is 3.92. The Hall–Kier alpha value is -1.69. The van der Waals surface area contributed by atoms with Crippen LogP contribution in [0.1, 0.15) is 63.0 Å². The maximum Gasteiger partial charge on any atom is 0.243 e. The van der Waals surface area contributed by atoms with Crippen LogP contribution in [0.4, 0.5) is 0 Å². The second kappa shape index (κ2) is 10.0. The van der Waals surface area contributed by atoms with Crippen LogP contribution in [0, 0.1) is 11.8 Å². The Kier molecular flexibility index (Phi) is 7.44. The number of rotatable bonds is 10. The van der Waals surface area contributed by atoms with E-state index in [1.165, 1.54) is 0 Å². The molecule has 3 N–H and O–H groups in total. The molecule has 3 rings (SSSR count). The third-order valence-corrected chi connectivity index (χ3v) is 6.02. The van der Waals surface area contributed by atoms with E-state index in [1.54, 1.807) is 5.48 Å². The Labute approximate surface area is 161 Å². The Morgan fingerprint density at radius 1 is 1.19 bits per heavy atom. The SMILES string of the molecule is O=C(CCC/C=C\C[C@H]1[C@@H](CCC(O)c2ccccc2)[C@H]2CC[C@@H]1O2)NO. The lowest BCUT2D eigenvalue weighted by molar-refractivity contribution is -0.129. The smallest absolute Gasteiger partial charge is 0.243 e. The molecule has 0 saturated carbocycles. The van der Waals surface area contributed by atoms with Crippen molar-refractivity contribution in [3.63, 3.8) is 0 Å². The van der Waals surface area contributed by atoms with Gasteiger partial charge in [-0.2, -0.15) is 0 Å². The molecule has 0 radical (unpaired) electrons. The van der Waals surface area contributed by atoms with E-state index < -0.39 is 6.10 Å². The molecule has 1 unspecified atom stereocenters. The van der Waals surface area contributed by atoms with Gasteiger partial charge in [-0.15, -0.1) is 0 Å². The van der Waals surface area contributed by atoms with Gasteiger partial charge in [-0.3, -0.25) is 10.0 Å². The Bertz CT molecular complexity index is 618. The van der Waals surface area contributed by atoms with Gasteiger partial charge in [0.05, 0.1) is 18.3 Å². The number of carbonyl (C=O) groups excluding carboxylic acids is 1. The van der Waals surface area contributed by atoms with Crippen LogP contribution in [0.25, 0.3) is 0 Å². The number of hydrogen-bond acceptors (Lipinski definition) is 4. The molecule has 0 aliphatic carbocycles. The van der Waals surface area contributed by atoms with Gasteiger partial charge in [0.15, 0.2) is 0 Å². The quantitative estimate of drug-likeness (QED) is 0.251. The van der Waals surface area contributed by atoms with Gasteiger partial charge < -0.3 is 9.84 Å². The van der Waals surface area contributed by atoms with Crippen molar-refractivity contribution in [1.29, 1.82) is 0 Å². The summed E-state index contributed by atoms with van der Waals surface area (Å²) in [6, 6.07) is 9.88. The molecule has 5 atom stereocenters. The van der Waals surface area contributed by atoms with Gasteiger partial charge in [0.25, 0.3) is 0 Å². The molecule has 2 fully saturated rings. The number of aliphatic hydroxyl groups excluding tert-OH is 1. The number of benzene rings is 1. The zero-order valence-electron chi connectivity index (χ0n) is 15.8. The summed E-state index contributed by atoms with van der Waals surface area (Å²) in [6.07, 6.45) is 11.6. The third-order valence-electron chi connectivity index (χ3n) is 6.02. The van der Waals surface area contributed by atoms with Crippen molar-refractivity contribution in [2.75, 3.05) is 0 Å². The lowest BCUT2D eigenvalue weighted by Crippen LogP contribution is -2.27. The molecule has 1 aromatic carbocycles. The van der Waals surface area contributed by atoms with Crippen LogP contribution in [-0.2, 0) is 9.53 Å². The number of carbonyl (C=O) groups is 1. The van der Waals surface area contributed by atoms with Gasteiger partial charge in [-0.05, 0) is 62.3 Å². The highest BCUT2D eigenvalue weighted by Crippen LogP contribution is 2.47. The second-order valence-corrected chi connectivity index (χ2v) is 7.76. The zero-order valence-corrected chi connectivity index (χ0v) is 15.8. The van der Waals surface area contributed by atoms with E-state index >= 15 is 0 Å². The molecule has 2 heterocycles. The number of fused-ring (bicyclic) bond motifs is 2. The summed E-state index contributed by atoms with van der Waals surface area (Å²) in [5.41, 5.74) is 2.65. The first-order valence-corrected chi connectivity index (χ1v) is 10.2. The van der Waals surface area contributed by atoms with E-state index in [1.807, 2.05) is 30.3 Å². The van der Waals surface area contributed by atoms with Crippen LogP contribution in [-0.4, -0.2) is 28.4 Å². The van der Waals surface area contributed by atoms with E-state index in [4.69, 9.17) is 9.94 Å². The number of unbranched alkanes of at least 4 members (excludes halogenated alkanes) is 1. The predicted molar refractivity (Wildman–Crippen MR) is 103 cm³/mol. The lowest BCUT2D eigenvalue weighted by atomic mass is 9.75. The number of ether oxygens (including phenoxy) is 1. The topological polar surface area (TPSA) is 78.8 Å². The maximum absolute atomic E-state index is 11.0. The van der Waals surface area contributed by atoms with Crippen molar-refractivity contribution in [1.82, 2.24) is 5.48 Å². The minimum Gasteiger partial charge on any atom is -0.388 e. The summed E-state index contributed by atoms with van der Waals surface area (Å²) in [5, 5.41) is 19.0. The first kappa shape index (κ1) is 20.1. The van der Waals surface area contributed by atoms with Crippen LogP contribution in [0.15, 0.2) is 42.5 Å². The van der Waals surface area contributed by atoms with Gasteiger partial charge >= 0.3 is 0 Å². The van der Waals surface area contributed by atoms with Gasteiger partial charge in [0.2, 0.25) is 5.91 Å². The van der Waals surface area contributed by atoms with Crippen molar-refractivity contribution in [3.8, 4) is 0 Å². The van der Waals surface area contributed by atoms with Crippen LogP contribution in [0.3, 0.4) is 0 Å². The molecule has 0 aromatic heterocycles. The highest BCUT2D eigenvalue weighted by Gasteiger charge is 2.47. The fourth-order valence-corrected chi connectivity index (χ4v) is 4.60. The van der Waals surface area contributed by atoms with Crippen molar-refractivity contribution >= 4 is 5.91 Å². The highest BCUT2D eigenvalue weighted by atomic mass is 16.5. The first-order valence-electron chi connectivity index (χ1n) is 10.2. The van der Waals surface area contributed by atoms with Crippen molar-refractivity contribution < 1.29 is 19.8 Å². The lowest BCUT2D eigenvalue weighted by Gasteiger charge is -2.28. The molecule has 148 valence electrons. The van der Waals surface area contributed by atoms with Crippen molar-refractivity contribution in [3.05, 3.63) is 48.0 Å². The molecule has 5 heteroatoms. The molecule has 5 nitrogen and oxygen atoms in total. The maximum atomic E-state index is 11.0. The Morgan fingerprint density at radius 3 is 2.67 bits per heavy atom. The third kappa shape index (κ3) is 5.41. The summed E-state index contributed by atoms with van der Waals surface area (Å²) in [6.45, 7) is 0. The number of aliphatic hydroxyl groups is 1. The summed E-state index contributed by atoms with van der Waals surface area (Å²) in [5.74, 6) is 0.720. The Morgan fingerprint density at radius 2 is 1.93 bits per heavy atom. The molecule has 2 aliphatic heterocycles. The number of amides is 1. The van der Waals surface area contributed by atoms with Gasteiger partial charge in [-0.25, -0.2) is 5.48 Å². The summed E-state index contributed by atoms with van der Waals surface area (Å²) < 4.78 is 6.16. The average molecular weight is 373 g/mol. The minimum atomic E-state index is -0.404. The number of hydroxylamine groups is 1. The Balaban J connectivity index is 1.45. The standard InChI is InChI=1S/C22H31NO4/c24-19(16-8-4-3-5-9-16)13-12-18-17(20-14-15-21(18)27-20)10-6-1-2-7-11-22(25)23-26/h1,3-6,8-9,17-21,24,26H,2,7,10-15H2,(H,23,25)/b6-1-/t17-,18+,19?,20-,21+/m0/s1. The van der Waals surface area contributed by atoms with E-state index in [2.05, 4.69) is 12.2 Å². The van der Waals surface area contributed by atoms with Crippen molar-refractivity contribution in [2.24, 2.45) is 11.8 Å². The average Bonchev–Trinajstić information content (AvgIpc) is 3.31. The highest BCUT2D eigenvalue weighted by molar-refractivity contribution is 5.74. The van der Waals surface area contributed by atoms with Crippen molar-refractivity contribution in [2.45, 2.75) is 69.7 Å².